The largest absolute Gasteiger partial charge is 0.416 e. The van der Waals surface area contributed by atoms with Crippen molar-refractivity contribution in [2.24, 2.45) is 0 Å². The van der Waals surface area contributed by atoms with E-state index >= 15 is 0 Å². The fourth-order valence-corrected chi connectivity index (χ4v) is 3.82. The minimum absolute atomic E-state index is 0.159. The molecule has 0 atom stereocenters. The van der Waals surface area contributed by atoms with Crippen LogP contribution in [0.3, 0.4) is 0 Å². The van der Waals surface area contributed by atoms with Crippen LogP contribution >= 0.6 is 0 Å². The smallest absolute Gasteiger partial charge is 0.335 e. The van der Waals surface area contributed by atoms with E-state index in [2.05, 4.69) is 15.5 Å². The molecular formula is C20H27F3N4O2. The van der Waals surface area contributed by atoms with Crippen molar-refractivity contribution in [2.45, 2.75) is 44.4 Å². The molecule has 1 aromatic rings. The van der Waals surface area contributed by atoms with Crippen LogP contribution in [0.2, 0.25) is 0 Å². The van der Waals surface area contributed by atoms with E-state index in [0.29, 0.717) is 32.7 Å². The van der Waals surface area contributed by atoms with Gasteiger partial charge in [-0.3, -0.25) is 19.9 Å². The molecule has 0 radical (unpaired) electrons. The number of nitrogens with one attached hydrogen (secondary N) is 2. The predicted octanol–water partition coefficient (Wildman–Crippen LogP) is 2.59. The van der Waals surface area contributed by atoms with E-state index in [-0.39, 0.29) is 18.5 Å². The number of rotatable bonds is 5. The van der Waals surface area contributed by atoms with Crippen molar-refractivity contribution in [3.63, 3.8) is 0 Å². The number of halogens is 3. The average molecular weight is 412 g/mol. The Kier molecular flexibility index (Phi) is 7.13. The van der Waals surface area contributed by atoms with Gasteiger partial charge in [-0.15, -0.1) is 0 Å². The zero-order valence-corrected chi connectivity index (χ0v) is 16.3. The molecule has 1 aromatic carbocycles. The lowest BCUT2D eigenvalue weighted by Crippen LogP contribution is -2.51. The number of nitrogens with zero attached hydrogens (tertiary/aromatic N) is 2. The highest BCUT2D eigenvalue weighted by Crippen LogP contribution is 2.29. The van der Waals surface area contributed by atoms with Gasteiger partial charge in [-0.1, -0.05) is 25.0 Å². The minimum Gasteiger partial charge on any atom is -0.335 e. The van der Waals surface area contributed by atoms with Gasteiger partial charge in [0.2, 0.25) is 5.91 Å². The predicted molar refractivity (Wildman–Crippen MR) is 102 cm³/mol. The highest BCUT2D eigenvalue weighted by molar-refractivity contribution is 5.95. The average Bonchev–Trinajstić information content (AvgIpc) is 3.16. The molecule has 1 aliphatic carbocycles. The highest BCUT2D eigenvalue weighted by Gasteiger charge is 2.30. The van der Waals surface area contributed by atoms with E-state index in [1.54, 1.807) is 0 Å². The number of piperazine rings is 1. The number of benzene rings is 1. The summed E-state index contributed by atoms with van der Waals surface area (Å²) in [6, 6.07) is 4.95. The van der Waals surface area contributed by atoms with Crippen molar-refractivity contribution in [3.05, 3.63) is 35.4 Å². The summed E-state index contributed by atoms with van der Waals surface area (Å²) in [5.41, 5.74) is 0.182. The Morgan fingerprint density at radius 2 is 1.55 bits per heavy atom. The molecule has 0 spiro atoms. The van der Waals surface area contributed by atoms with Crippen LogP contribution in [0.4, 0.5) is 18.0 Å². The van der Waals surface area contributed by atoms with Crippen LogP contribution in [0.1, 0.15) is 36.8 Å². The molecule has 2 fully saturated rings. The van der Waals surface area contributed by atoms with E-state index in [1.807, 2.05) is 4.90 Å². The molecule has 0 unspecified atom stereocenters. The molecule has 9 heteroatoms. The first kappa shape index (κ1) is 21.6. The van der Waals surface area contributed by atoms with Crippen molar-refractivity contribution < 1.29 is 22.8 Å². The van der Waals surface area contributed by atoms with Gasteiger partial charge in [0.15, 0.2) is 0 Å². The number of carbonyl (C=O) groups is 2. The van der Waals surface area contributed by atoms with Crippen LogP contribution in [0.5, 0.6) is 0 Å². The number of urea groups is 1. The van der Waals surface area contributed by atoms with E-state index in [4.69, 9.17) is 0 Å². The van der Waals surface area contributed by atoms with Gasteiger partial charge in [-0.25, -0.2) is 4.79 Å². The molecule has 1 heterocycles. The third kappa shape index (κ3) is 6.71. The Morgan fingerprint density at radius 1 is 0.966 bits per heavy atom. The Hall–Kier alpha value is -2.13. The lowest BCUT2D eigenvalue weighted by atomic mass is 10.1. The fourth-order valence-electron chi connectivity index (χ4n) is 3.82. The maximum atomic E-state index is 12.6. The maximum Gasteiger partial charge on any atom is 0.416 e. The first-order valence-electron chi connectivity index (χ1n) is 10.0. The van der Waals surface area contributed by atoms with E-state index in [0.717, 1.165) is 43.4 Å². The SMILES string of the molecule is O=C(CN1CCN(Cc2ccc(C(F)(F)F)cc2)CC1)NC(=O)NC1CCCC1. The summed E-state index contributed by atoms with van der Waals surface area (Å²) < 4.78 is 37.9. The molecule has 6 nitrogen and oxygen atoms in total. The standard InChI is InChI=1S/C20H27F3N4O2/c21-20(22,23)16-7-5-15(6-8-16)13-26-9-11-27(12-10-26)14-18(28)25-19(29)24-17-3-1-2-4-17/h5-8,17H,1-4,9-14H2,(H2,24,25,28,29). The maximum absolute atomic E-state index is 12.6. The third-order valence-corrected chi connectivity index (χ3v) is 5.46. The van der Waals surface area contributed by atoms with Crippen molar-refractivity contribution in [1.82, 2.24) is 20.4 Å². The Morgan fingerprint density at radius 3 is 2.14 bits per heavy atom. The van der Waals surface area contributed by atoms with E-state index in [9.17, 15) is 22.8 Å². The second-order valence-electron chi connectivity index (χ2n) is 7.75. The van der Waals surface area contributed by atoms with Crippen LogP contribution in [0.25, 0.3) is 0 Å². The summed E-state index contributed by atoms with van der Waals surface area (Å²) in [6.45, 7) is 3.48. The molecule has 29 heavy (non-hydrogen) atoms. The number of hydrogen-bond donors (Lipinski definition) is 2. The van der Waals surface area contributed by atoms with E-state index < -0.39 is 17.8 Å². The number of alkyl halides is 3. The van der Waals surface area contributed by atoms with Gasteiger partial charge >= 0.3 is 12.2 Å². The van der Waals surface area contributed by atoms with Gasteiger partial charge < -0.3 is 5.32 Å². The molecule has 160 valence electrons. The summed E-state index contributed by atoms with van der Waals surface area (Å²) in [7, 11) is 0. The summed E-state index contributed by atoms with van der Waals surface area (Å²) in [4.78, 5) is 28.0. The van der Waals surface area contributed by atoms with Crippen LogP contribution in [-0.4, -0.2) is 60.5 Å². The van der Waals surface area contributed by atoms with Crippen LogP contribution in [0.15, 0.2) is 24.3 Å². The van der Waals surface area contributed by atoms with Gasteiger partial charge in [-0.05, 0) is 30.5 Å². The second kappa shape index (κ2) is 9.58. The summed E-state index contributed by atoms with van der Waals surface area (Å²) in [5.74, 6) is -0.323. The highest BCUT2D eigenvalue weighted by atomic mass is 19.4. The fraction of sp³-hybridized carbons (Fsp3) is 0.600. The summed E-state index contributed by atoms with van der Waals surface area (Å²) >= 11 is 0. The van der Waals surface area contributed by atoms with Crippen LogP contribution in [0, 0.1) is 0 Å². The van der Waals surface area contributed by atoms with Gasteiger partial charge in [0.05, 0.1) is 12.1 Å². The first-order chi connectivity index (χ1) is 13.8. The normalized spacial score (nSPS) is 19.3. The van der Waals surface area contributed by atoms with Crippen LogP contribution < -0.4 is 10.6 Å². The number of imide groups is 1. The molecule has 1 saturated carbocycles. The van der Waals surface area contributed by atoms with Gasteiger partial charge in [-0.2, -0.15) is 13.2 Å². The second-order valence-corrected chi connectivity index (χ2v) is 7.75. The van der Waals surface area contributed by atoms with Crippen molar-refractivity contribution in [3.8, 4) is 0 Å². The van der Waals surface area contributed by atoms with Crippen molar-refractivity contribution in [1.29, 1.82) is 0 Å². The van der Waals surface area contributed by atoms with Crippen LogP contribution in [-0.2, 0) is 17.5 Å². The number of carbonyl (C=O) groups excluding carboxylic acids is 2. The molecule has 0 aromatic heterocycles. The molecule has 1 aliphatic heterocycles. The summed E-state index contributed by atoms with van der Waals surface area (Å²) in [6.07, 6.45) is -0.185. The molecule has 1 saturated heterocycles. The molecule has 0 bridgehead atoms. The van der Waals surface area contributed by atoms with Crippen molar-refractivity contribution in [2.75, 3.05) is 32.7 Å². The Bertz CT molecular complexity index is 695. The lowest BCUT2D eigenvalue weighted by molar-refractivity contribution is -0.137. The topological polar surface area (TPSA) is 64.7 Å². The molecular weight excluding hydrogens is 385 g/mol. The monoisotopic (exact) mass is 412 g/mol. The van der Waals surface area contributed by atoms with Gasteiger partial charge in [0, 0.05) is 38.8 Å². The minimum atomic E-state index is -4.32. The first-order valence-corrected chi connectivity index (χ1v) is 10.0. The summed E-state index contributed by atoms with van der Waals surface area (Å²) in [5, 5.41) is 5.21. The zero-order valence-electron chi connectivity index (χ0n) is 16.3. The third-order valence-electron chi connectivity index (χ3n) is 5.46. The Balaban J connectivity index is 1.36. The van der Waals surface area contributed by atoms with Gasteiger partial charge in [0.1, 0.15) is 0 Å². The van der Waals surface area contributed by atoms with E-state index in [1.165, 1.54) is 12.1 Å². The van der Waals surface area contributed by atoms with Gasteiger partial charge in [0.25, 0.3) is 0 Å². The lowest BCUT2D eigenvalue weighted by Gasteiger charge is -2.34. The van der Waals surface area contributed by atoms with Crippen molar-refractivity contribution >= 4 is 11.9 Å². The zero-order chi connectivity index (χ0) is 20.9. The molecule has 2 N–H and O–H groups in total. The Labute approximate surface area is 168 Å². The number of hydrogen-bond acceptors (Lipinski definition) is 4. The molecule has 3 amide bonds. The quantitative estimate of drug-likeness (QED) is 0.780. The number of amides is 3. The molecule has 3 rings (SSSR count). The molecule has 2 aliphatic rings.